The average molecular weight is 497 g/mol. The number of amides is 2. The van der Waals surface area contributed by atoms with Gasteiger partial charge in [-0.1, -0.05) is 13.8 Å². The highest BCUT2D eigenvalue weighted by molar-refractivity contribution is 7.55. The van der Waals surface area contributed by atoms with Gasteiger partial charge in [0.05, 0.1) is 25.5 Å². The van der Waals surface area contributed by atoms with Crippen molar-refractivity contribution in [3.05, 3.63) is 0 Å². The van der Waals surface area contributed by atoms with E-state index in [1.807, 2.05) is 0 Å². The van der Waals surface area contributed by atoms with Crippen LogP contribution in [0.15, 0.2) is 0 Å². The number of alkyl carbamates (subject to hydrolysis) is 1. The van der Waals surface area contributed by atoms with Crippen molar-refractivity contribution in [2.24, 2.45) is 10.8 Å². The highest BCUT2D eigenvalue weighted by atomic mass is 31.2. The summed E-state index contributed by atoms with van der Waals surface area (Å²) >= 11 is 0. The Kier molecular flexibility index (Phi) is 10.9. The third kappa shape index (κ3) is 10.2. The molecule has 1 aliphatic heterocycles. The van der Waals surface area contributed by atoms with Gasteiger partial charge in [-0.2, -0.15) is 9.42 Å². The van der Waals surface area contributed by atoms with Gasteiger partial charge in [-0.15, -0.1) is 9.05 Å². The van der Waals surface area contributed by atoms with Crippen molar-refractivity contribution in [1.29, 1.82) is 0 Å². The first-order valence-corrected chi connectivity index (χ1v) is 11.7. The molecule has 0 aromatic rings. The Labute approximate surface area is 193 Å². The molecule has 0 spiro atoms. The maximum atomic E-state index is 12.5. The standard InChI is InChI=1S/C19H33N2O11P/c1-18(2,3)16(24)28-10-9-21-17(25)29-12-31-33(26)30-11-19(4,5)14(32-33)15(23)20-8-7-13(22)27-6/h14,26H,7-12H2,1-6H3,(H-,20,21,23,25)/p+1/t14-,33?/m0/s1. The second-order valence-electron chi connectivity index (χ2n) is 8.82. The Morgan fingerprint density at radius 1 is 1.12 bits per heavy atom. The van der Waals surface area contributed by atoms with Gasteiger partial charge in [0.25, 0.3) is 5.91 Å². The molecule has 1 rings (SSSR count). The third-order valence-electron chi connectivity index (χ3n) is 4.27. The Balaban J connectivity index is 2.43. The van der Waals surface area contributed by atoms with E-state index in [9.17, 15) is 24.1 Å². The molecular formula is C19H34N2O11P+. The van der Waals surface area contributed by atoms with Gasteiger partial charge >= 0.3 is 26.2 Å². The summed E-state index contributed by atoms with van der Waals surface area (Å²) in [6.45, 7) is 7.70. The number of methoxy groups -OCH3 is 1. The topological polar surface area (TPSA) is 168 Å². The van der Waals surface area contributed by atoms with Crippen molar-refractivity contribution >= 4 is 32.1 Å². The fraction of sp³-hybridized carbons (Fsp3) is 0.789. The van der Waals surface area contributed by atoms with Gasteiger partial charge in [0, 0.05) is 12.0 Å². The van der Waals surface area contributed by atoms with Crippen LogP contribution >= 0.6 is 8.17 Å². The molecule has 0 radical (unpaired) electrons. The van der Waals surface area contributed by atoms with Gasteiger partial charge in [0.1, 0.15) is 13.2 Å². The normalized spacial score (nSPS) is 22.1. The molecule has 13 nitrogen and oxygen atoms in total. The minimum atomic E-state index is -3.96. The van der Waals surface area contributed by atoms with Crippen molar-refractivity contribution < 1.29 is 51.9 Å². The van der Waals surface area contributed by atoms with Crippen molar-refractivity contribution in [1.82, 2.24) is 10.6 Å². The lowest BCUT2D eigenvalue weighted by Crippen LogP contribution is -2.50. The number of nitrogens with one attached hydrogen (secondary N) is 2. The molecule has 1 unspecified atom stereocenters. The zero-order valence-corrected chi connectivity index (χ0v) is 20.7. The summed E-state index contributed by atoms with van der Waals surface area (Å²) in [5, 5.41) is 4.88. The van der Waals surface area contributed by atoms with E-state index in [4.69, 9.17) is 23.0 Å². The van der Waals surface area contributed by atoms with Crippen LogP contribution in [0.1, 0.15) is 41.0 Å². The van der Waals surface area contributed by atoms with E-state index in [0.29, 0.717) is 0 Å². The summed E-state index contributed by atoms with van der Waals surface area (Å²) in [5.41, 5.74) is -1.47. The molecule has 0 bridgehead atoms. The molecule has 1 saturated heterocycles. The smallest absolute Gasteiger partial charge is 0.469 e. The highest BCUT2D eigenvalue weighted by Crippen LogP contribution is 2.63. The maximum Gasteiger partial charge on any atom is 0.576 e. The second-order valence-corrected chi connectivity index (χ2v) is 10.5. The Bertz CT molecular complexity index is 710. The van der Waals surface area contributed by atoms with E-state index in [1.165, 1.54) is 7.11 Å². The van der Waals surface area contributed by atoms with Crippen LogP contribution < -0.4 is 10.6 Å². The SMILES string of the molecule is COC(=O)CCNC(=O)[C@@H]1O[P+](O)(OCOC(=O)NCCOC(=O)C(C)(C)C)OCC1(C)C. The van der Waals surface area contributed by atoms with E-state index in [2.05, 4.69) is 15.4 Å². The van der Waals surface area contributed by atoms with Gasteiger partial charge in [-0.25, -0.2) is 4.79 Å². The molecule has 33 heavy (non-hydrogen) atoms. The van der Waals surface area contributed by atoms with Crippen molar-refractivity contribution in [3.8, 4) is 0 Å². The average Bonchev–Trinajstić information content (AvgIpc) is 2.72. The number of ether oxygens (including phenoxy) is 3. The second kappa shape index (κ2) is 12.4. The molecule has 2 amide bonds. The molecule has 0 saturated carbocycles. The Hall–Kier alpha value is -2.05. The number of esters is 2. The van der Waals surface area contributed by atoms with E-state index in [1.54, 1.807) is 34.6 Å². The zero-order valence-electron chi connectivity index (χ0n) is 19.8. The lowest BCUT2D eigenvalue weighted by atomic mass is 9.87. The van der Waals surface area contributed by atoms with Crippen LogP contribution in [0.4, 0.5) is 4.79 Å². The van der Waals surface area contributed by atoms with Gasteiger partial charge in [-0.3, -0.25) is 14.4 Å². The molecule has 2 atom stereocenters. The van der Waals surface area contributed by atoms with Crippen LogP contribution in [0, 0.1) is 10.8 Å². The van der Waals surface area contributed by atoms with Crippen molar-refractivity contribution in [2.45, 2.75) is 47.1 Å². The molecule has 1 aliphatic rings. The van der Waals surface area contributed by atoms with Gasteiger partial charge in [0.2, 0.25) is 6.79 Å². The van der Waals surface area contributed by atoms with Crippen molar-refractivity contribution in [3.63, 3.8) is 0 Å². The molecular weight excluding hydrogens is 463 g/mol. The Morgan fingerprint density at radius 3 is 2.39 bits per heavy atom. The summed E-state index contributed by atoms with van der Waals surface area (Å²) in [6, 6.07) is 0. The van der Waals surface area contributed by atoms with Crippen LogP contribution in [0.25, 0.3) is 0 Å². The number of hydrogen-bond donors (Lipinski definition) is 3. The summed E-state index contributed by atoms with van der Waals surface area (Å²) in [4.78, 5) is 57.4. The first kappa shape index (κ1) is 29.0. The van der Waals surface area contributed by atoms with Crippen LogP contribution in [-0.4, -0.2) is 75.1 Å². The lowest BCUT2D eigenvalue weighted by Gasteiger charge is -2.36. The van der Waals surface area contributed by atoms with Gasteiger partial charge < -0.3 is 24.8 Å². The lowest BCUT2D eigenvalue weighted by molar-refractivity contribution is -0.152. The molecule has 1 heterocycles. The van der Waals surface area contributed by atoms with Gasteiger partial charge in [0.15, 0.2) is 6.10 Å². The molecule has 190 valence electrons. The van der Waals surface area contributed by atoms with E-state index < -0.39 is 55.8 Å². The van der Waals surface area contributed by atoms with Gasteiger partial charge in [-0.05, 0) is 20.8 Å². The third-order valence-corrected chi connectivity index (χ3v) is 5.63. The Morgan fingerprint density at radius 2 is 1.79 bits per heavy atom. The predicted molar refractivity (Wildman–Crippen MR) is 114 cm³/mol. The van der Waals surface area contributed by atoms with Crippen LogP contribution in [0.3, 0.4) is 0 Å². The number of carbonyl (C=O) groups excluding carboxylic acids is 4. The number of rotatable bonds is 10. The molecule has 14 heteroatoms. The summed E-state index contributed by atoms with van der Waals surface area (Å²) in [6.07, 6.45) is -2.06. The number of hydrogen-bond acceptors (Lipinski definition) is 11. The fourth-order valence-corrected chi connectivity index (χ4v) is 3.82. The van der Waals surface area contributed by atoms with Crippen molar-refractivity contribution in [2.75, 3.05) is 40.2 Å². The van der Waals surface area contributed by atoms with Crippen LogP contribution in [0.5, 0.6) is 0 Å². The molecule has 0 aliphatic carbocycles. The predicted octanol–water partition coefficient (Wildman–Crippen LogP) is 1.07. The maximum absolute atomic E-state index is 12.5. The monoisotopic (exact) mass is 497 g/mol. The largest absolute Gasteiger partial charge is 0.576 e. The minimum Gasteiger partial charge on any atom is -0.469 e. The summed E-state index contributed by atoms with van der Waals surface area (Å²) in [7, 11) is -2.72. The fourth-order valence-electron chi connectivity index (χ4n) is 2.29. The van der Waals surface area contributed by atoms with E-state index in [0.717, 1.165) is 0 Å². The molecule has 3 N–H and O–H groups in total. The molecule has 0 aromatic carbocycles. The van der Waals surface area contributed by atoms with E-state index in [-0.39, 0.29) is 32.7 Å². The quantitative estimate of drug-likeness (QED) is 0.130. The van der Waals surface area contributed by atoms with Crippen LogP contribution in [0.2, 0.25) is 0 Å². The highest BCUT2D eigenvalue weighted by Gasteiger charge is 2.59. The molecule has 0 aromatic heterocycles. The summed E-state index contributed by atoms with van der Waals surface area (Å²) < 4.78 is 30.0. The summed E-state index contributed by atoms with van der Waals surface area (Å²) in [5.74, 6) is -1.47. The minimum absolute atomic E-state index is 0.00900. The first-order chi connectivity index (χ1) is 15.2. The van der Waals surface area contributed by atoms with E-state index >= 15 is 0 Å². The first-order valence-electron chi connectivity index (χ1n) is 10.2. The molecule has 1 fully saturated rings. The number of carbonyl (C=O) groups is 4. The van der Waals surface area contributed by atoms with Crippen LogP contribution in [-0.2, 0) is 42.2 Å². The zero-order chi connectivity index (χ0) is 25.3.